The van der Waals surface area contributed by atoms with Gasteiger partial charge in [0.25, 0.3) is 15.9 Å². The first kappa shape index (κ1) is 22.0. The Morgan fingerprint density at radius 3 is 2.10 bits per heavy atom. The smallest absolute Gasteiger partial charge is 0.262 e. The van der Waals surface area contributed by atoms with Gasteiger partial charge in [0.15, 0.2) is 6.61 Å². The molecule has 2 N–H and O–H groups in total. The van der Waals surface area contributed by atoms with Crippen molar-refractivity contribution in [3.63, 3.8) is 0 Å². The molecule has 3 rings (SSSR count). The van der Waals surface area contributed by atoms with E-state index in [1.165, 1.54) is 31.4 Å². The van der Waals surface area contributed by atoms with Crippen molar-refractivity contribution in [2.24, 2.45) is 0 Å². The van der Waals surface area contributed by atoms with E-state index in [4.69, 9.17) is 14.2 Å². The van der Waals surface area contributed by atoms with E-state index in [1.807, 2.05) is 0 Å². The van der Waals surface area contributed by atoms with Gasteiger partial charge in [-0.1, -0.05) is 6.07 Å². The Labute approximate surface area is 180 Å². The number of carbonyl (C=O) groups excluding carboxylic acids is 1. The topological polar surface area (TPSA) is 103 Å². The van der Waals surface area contributed by atoms with Gasteiger partial charge in [-0.3, -0.25) is 9.52 Å². The summed E-state index contributed by atoms with van der Waals surface area (Å²) in [5.41, 5.74) is 0.995. The minimum atomic E-state index is -3.77. The third kappa shape index (κ3) is 6.13. The summed E-state index contributed by atoms with van der Waals surface area (Å²) in [5.74, 6) is 1.26. The Morgan fingerprint density at radius 2 is 1.45 bits per heavy atom. The summed E-state index contributed by atoms with van der Waals surface area (Å²) in [4.78, 5) is 12.1. The van der Waals surface area contributed by atoms with Crippen molar-refractivity contribution in [3.05, 3.63) is 72.8 Å². The Kier molecular flexibility index (Phi) is 6.99. The molecule has 0 aromatic heterocycles. The molecule has 0 unspecified atom stereocenters. The second kappa shape index (κ2) is 9.86. The first-order valence-corrected chi connectivity index (χ1v) is 10.7. The number of amides is 1. The van der Waals surface area contributed by atoms with Crippen LogP contribution in [0.3, 0.4) is 0 Å². The second-order valence-corrected chi connectivity index (χ2v) is 8.06. The van der Waals surface area contributed by atoms with Gasteiger partial charge < -0.3 is 19.5 Å². The van der Waals surface area contributed by atoms with Crippen LogP contribution >= 0.6 is 0 Å². The zero-order valence-corrected chi connectivity index (χ0v) is 17.8. The first-order chi connectivity index (χ1) is 14.9. The normalized spacial score (nSPS) is 10.8. The molecule has 0 aliphatic carbocycles. The van der Waals surface area contributed by atoms with Gasteiger partial charge in [-0.05, 0) is 60.7 Å². The molecule has 0 aliphatic rings. The van der Waals surface area contributed by atoms with Crippen molar-refractivity contribution in [2.45, 2.75) is 4.90 Å². The predicted molar refractivity (Wildman–Crippen MR) is 117 cm³/mol. The van der Waals surface area contributed by atoms with E-state index in [9.17, 15) is 13.2 Å². The van der Waals surface area contributed by atoms with Gasteiger partial charge >= 0.3 is 0 Å². The maximum atomic E-state index is 12.5. The van der Waals surface area contributed by atoms with Crippen LogP contribution in [0.25, 0.3) is 0 Å². The standard InChI is InChI=1S/C22H22N2O6S/c1-28-18-8-6-16(7-9-18)24-31(26,27)21-12-10-19(11-13-21)30-15-22(25)23-17-4-3-5-20(14-17)29-2/h3-14,24H,15H2,1-2H3,(H,23,25). The summed E-state index contributed by atoms with van der Waals surface area (Å²) in [7, 11) is -0.691. The Bertz CT molecular complexity index is 1130. The SMILES string of the molecule is COc1ccc(NS(=O)(=O)c2ccc(OCC(=O)Nc3cccc(OC)c3)cc2)cc1. The highest BCUT2D eigenvalue weighted by Crippen LogP contribution is 2.21. The van der Waals surface area contributed by atoms with Gasteiger partial charge in [0.05, 0.1) is 19.1 Å². The summed E-state index contributed by atoms with van der Waals surface area (Å²) < 4.78 is 43.2. The molecular formula is C22H22N2O6S. The van der Waals surface area contributed by atoms with Crippen LogP contribution in [0, 0.1) is 0 Å². The van der Waals surface area contributed by atoms with Crippen LogP contribution in [-0.4, -0.2) is 35.2 Å². The van der Waals surface area contributed by atoms with Crippen LogP contribution < -0.4 is 24.2 Å². The van der Waals surface area contributed by atoms with E-state index in [2.05, 4.69) is 10.0 Å². The summed E-state index contributed by atoms with van der Waals surface area (Å²) in [6, 6.07) is 19.3. The average Bonchev–Trinajstić information content (AvgIpc) is 2.78. The number of nitrogens with one attached hydrogen (secondary N) is 2. The molecule has 0 saturated heterocycles. The van der Waals surface area contributed by atoms with E-state index in [-0.39, 0.29) is 17.4 Å². The van der Waals surface area contributed by atoms with Gasteiger partial charge in [0, 0.05) is 17.4 Å². The first-order valence-electron chi connectivity index (χ1n) is 9.23. The van der Waals surface area contributed by atoms with Gasteiger partial charge in [-0.25, -0.2) is 8.42 Å². The quantitative estimate of drug-likeness (QED) is 0.526. The summed E-state index contributed by atoms with van der Waals surface area (Å²) in [6.45, 7) is -0.229. The molecule has 9 heteroatoms. The number of benzene rings is 3. The molecule has 0 atom stereocenters. The van der Waals surface area contributed by atoms with Crippen molar-refractivity contribution >= 4 is 27.3 Å². The third-order valence-corrected chi connectivity index (χ3v) is 5.60. The highest BCUT2D eigenvalue weighted by atomic mass is 32.2. The van der Waals surface area contributed by atoms with Crippen LogP contribution in [0.2, 0.25) is 0 Å². The summed E-state index contributed by atoms with van der Waals surface area (Å²) >= 11 is 0. The van der Waals surface area contributed by atoms with Gasteiger partial charge in [0.1, 0.15) is 17.2 Å². The summed E-state index contributed by atoms with van der Waals surface area (Å²) in [6.07, 6.45) is 0. The molecule has 0 spiro atoms. The zero-order valence-electron chi connectivity index (χ0n) is 17.0. The van der Waals surface area contributed by atoms with Gasteiger partial charge in [0.2, 0.25) is 0 Å². The van der Waals surface area contributed by atoms with Crippen LogP contribution in [0.15, 0.2) is 77.7 Å². The lowest BCUT2D eigenvalue weighted by Crippen LogP contribution is -2.20. The third-order valence-electron chi connectivity index (χ3n) is 4.20. The molecule has 0 fully saturated rings. The maximum Gasteiger partial charge on any atom is 0.262 e. The van der Waals surface area contributed by atoms with E-state index < -0.39 is 10.0 Å². The van der Waals surface area contributed by atoms with Crippen molar-refractivity contribution in [1.82, 2.24) is 0 Å². The molecule has 162 valence electrons. The monoisotopic (exact) mass is 442 g/mol. The van der Waals surface area contributed by atoms with E-state index in [0.29, 0.717) is 28.6 Å². The molecule has 1 amide bonds. The van der Waals surface area contributed by atoms with Gasteiger partial charge in [-0.15, -0.1) is 0 Å². The van der Waals surface area contributed by atoms with Crippen molar-refractivity contribution < 1.29 is 27.4 Å². The molecule has 31 heavy (non-hydrogen) atoms. The van der Waals surface area contributed by atoms with Crippen LogP contribution in [0.5, 0.6) is 17.2 Å². The second-order valence-electron chi connectivity index (χ2n) is 6.37. The molecule has 0 saturated carbocycles. The molecule has 3 aromatic carbocycles. The number of anilines is 2. The lowest BCUT2D eigenvalue weighted by molar-refractivity contribution is -0.118. The highest BCUT2D eigenvalue weighted by molar-refractivity contribution is 7.92. The van der Waals surface area contributed by atoms with Gasteiger partial charge in [-0.2, -0.15) is 0 Å². The molecule has 0 aliphatic heterocycles. The number of carbonyl (C=O) groups is 1. The molecule has 0 radical (unpaired) electrons. The van der Waals surface area contributed by atoms with Crippen molar-refractivity contribution in [1.29, 1.82) is 0 Å². The minimum Gasteiger partial charge on any atom is -0.497 e. The maximum absolute atomic E-state index is 12.5. The summed E-state index contributed by atoms with van der Waals surface area (Å²) in [5, 5.41) is 2.70. The Balaban J connectivity index is 1.56. The minimum absolute atomic E-state index is 0.0662. The molecule has 3 aromatic rings. The number of ether oxygens (including phenoxy) is 3. The van der Waals surface area contributed by atoms with Crippen molar-refractivity contribution in [3.8, 4) is 17.2 Å². The van der Waals surface area contributed by atoms with Crippen molar-refractivity contribution in [2.75, 3.05) is 30.9 Å². The highest BCUT2D eigenvalue weighted by Gasteiger charge is 2.14. The van der Waals surface area contributed by atoms with Crippen LogP contribution in [-0.2, 0) is 14.8 Å². The number of methoxy groups -OCH3 is 2. The fourth-order valence-corrected chi connectivity index (χ4v) is 3.69. The molecule has 8 nitrogen and oxygen atoms in total. The van der Waals surface area contributed by atoms with Crippen LogP contribution in [0.1, 0.15) is 0 Å². The van der Waals surface area contributed by atoms with E-state index in [1.54, 1.807) is 55.6 Å². The predicted octanol–water partition coefficient (Wildman–Crippen LogP) is 3.52. The average molecular weight is 442 g/mol. The van der Waals surface area contributed by atoms with E-state index in [0.717, 1.165) is 0 Å². The van der Waals surface area contributed by atoms with E-state index >= 15 is 0 Å². The molecule has 0 heterocycles. The lowest BCUT2D eigenvalue weighted by Gasteiger charge is -2.11. The fourth-order valence-electron chi connectivity index (χ4n) is 2.63. The zero-order chi connectivity index (χ0) is 22.3. The number of sulfonamides is 1. The molecular weight excluding hydrogens is 420 g/mol. The number of rotatable bonds is 9. The number of hydrogen-bond acceptors (Lipinski definition) is 6. The lowest BCUT2D eigenvalue weighted by atomic mass is 10.3. The molecule has 0 bridgehead atoms. The van der Waals surface area contributed by atoms with Crippen LogP contribution in [0.4, 0.5) is 11.4 Å². The largest absolute Gasteiger partial charge is 0.497 e. The Morgan fingerprint density at radius 1 is 0.806 bits per heavy atom. The fraction of sp³-hybridized carbons (Fsp3) is 0.136. The Hall–Kier alpha value is -3.72. The number of hydrogen-bond donors (Lipinski definition) is 2.